The molecule has 0 bridgehead atoms. The molecule has 6 heteroatoms. The zero-order valence-corrected chi connectivity index (χ0v) is 13.0. The molecule has 0 fully saturated rings. The average molecular weight is 293 g/mol. The van der Waals surface area contributed by atoms with Crippen molar-refractivity contribution >= 4 is 11.6 Å². The predicted molar refractivity (Wildman–Crippen MR) is 81.9 cm³/mol. The number of nitro groups is 1. The van der Waals surface area contributed by atoms with Crippen LogP contribution in [0.3, 0.4) is 0 Å². The highest BCUT2D eigenvalue weighted by molar-refractivity contribution is 5.76. The minimum Gasteiger partial charge on any atom is -0.341 e. The summed E-state index contributed by atoms with van der Waals surface area (Å²) in [5.41, 5.74) is 0.783. The first-order valence-electron chi connectivity index (χ1n) is 6.91. The quantitative estimate of drug-likeness (QED) is 0.645. The van der Waals surface area contributed by atoms with E-state index >= 15 is 0 Å². The fraction of sp³-hybridized carbons (Fsp3) is 0.533. The molecule has 1 aromatic rings. The molecule has 1 rings (SSSR count). The zero-order valence-electron chi connectivity index (χ0n) is 13.0. The summed E-state index contributed by atoms with van der Waals surface area (Å²) in [6.07, 6.45) is 0.405. The molecule has 0 radical (unpaired) electrons. The van der Waals surface area contributed by atoms with Crippen molar-refractivity contribution in [1.82, 2.24) is 10.2 Å². The highest BCUT2D eigenvalue weighted by Crippen LogP contribution is 2.14. The normalized spacial score (nSPS) is 11.2. The molecule has 0 atom stereocenters. The molecule has 0 saturated carbocycles. The van der Waals surface area contributed by atoms with Crippen molar-refractivity contribution in [1.29, 1.82) is 0 Å². The fourth-order valence-corrected chi connectivity index (χ4v) is 1.87. The molecule has 0 aliphatic rings. The van der Waals surface area contributed by atoms with Gasteiger partial charge in [0.25, 0.3) is 5.69 Å². The van der Waals surface area contributed by atoms with Crippen LogP contribution in [0.15, 0.2) is 24.3 Å². The maximum absolute atomic E-state index is 12.0. The van der Waals surface area contributed by atoms with Crippen LogP contribution in [-0.2, 0) is 11.3 Å². The minimum atomic E-state index is -0.432. The van der Waals surface area contributed by atoms with E-state index in [1.54, 1.807) is 24.1 Å². The number of nitro benzene ring substituents is 1. The standard InChI is InChI=1S/C15H23N3O3/c1-15(2,3)16-9-8-14(19)17(4)11-12-6-5-7-13(10-12)18(20)21/h5-7,10,16H,8-9,11H2,1-4H3. The van der Waals surface area contributed by atoms with Crippen molar-refractivity contribution in [3.05, 3.63) is 39.9 Å². The van der Waals surface area contributed by atoms with Gasteiger partial charge >= 0.3 is 0 Å². The van der Waals surface area contributed by atoms with Crippen molar-refractivity contribution in [3.8, 4) is 0 Å². The van der Waals surface area contributed by atoms with E-state index in [1.807, 2.05) is 20.8 Å². The molecule has 116 valence electrons. The Morgan fingerprint density at radius 3 is 2.62 bits per heavy atom. The maximum Gasteiger partial charge on any atom is 0.269 e. The van der Waals surface area contributed by atoms with Gasteiger partial charge < -0.3 is 10.2 Å². The van der Waals surface area contributed by atoms with Gasteiger partial charge in [-0.2, -0.15) is 0 Å². The van der Waals surface area contributed by atoms with E-state index in [1.165, 1.54) is 12.1 Å². The Hall–Kier alpha value is -1.95. The van der Waals surface area contributed by atoms with E-state index in [-0.39, 0.29) is 17.1 Å². The summed E-state index contributed by atoms with van der Waals surface area (Å²) in [5.74, 6) is 0.0123. The molecule has 0 spiro atoms. The number of amides is 1. The zero-order chi connectivity index (χ0) is 16.0. The Labute approximate surface area is 125 Å². The van der Waals surface area contributed by atoms with Crippen LogP contribution in [0.1, 0.15) is 32.8 Å². The Bertz CT molecular complexity index is 509. The molecule has 6 nitrogen and oxygen atoms in total. The Morgan fingerprint density at radius 1 is 1.38 bits per heavy atom. The number of benzene rings is 1. The molecule has 1 aromatic carbocycles. The lowest BCUT2D eigenvalue weighted by Crippen LogP contribution is -2.38. The van der Waals surface area contributed by atoms with Crippen LogP contribution in [0.4, 0.5) is 5.69 Å². The van der Waals surface area contributed by atoms with Crippen LogP contribution in [-0.4, -0.2) is 34.9 Å². The average Bonchev–Trinajstić information content (AvgIpc) is 2.37. The number of carbonyl (C=O) groups is 1. The van der Waals surface area contributed by atoms with Gasteiger partial charge in [0.1, 0.15) is 0 Å². The van der Waals surface area contributed by atoms with E-state index < -0.39 is 4.92 Å². The van der Waals surface area contributed by atoms with E-state index in [9.17, 15) is 14.9 Å². The Morgan fingerprint density at radius 2 is 2.05 bits per heavy atom. The van der Waals surface area contributed by atoms with Crippen LogP contribution < -0.4 is 5.32 Å². The third-order valence-electron chi connectivity index (χ3n) is 2.96. The smallest absolute Gasteiger partial charge is 0.269 e. The van der Waals surface area contributed by atoms with Crippen LogP contribution in [0.25, 0.3) is 0 Å². The molecule has 0 saturated heterocycles. The van der Waals surface area contributed by atoms with Crippen LogP contribution in [0.5, 0.6) is 0 Å². The van der Waals surface area contributed by atoms with E-state index in [0.29, 0.717) is 19.5 Å². The number of rotatable bonds is 6. The van der Waals surface area contributed by atoms with Gasteiger partial charge in [-0.25, -0.2) is 0 Å². The molecule has 0 aromatic heterocycles. The van der Waals surface area contributed by atoms with Gasteiger partial charge in [0.05, 0.1) is 4.92 Å². The van der Waals surface area contributed by atoms with Gasteiger partial charge in [-0.1, -0.05) is 12.1 Å². The molecule has 0 aliphatic heterocycles. The SMILES string of the molecule is CN(Cc1cccc([N+](=O)[O-])c1)C(=O)CCNC(C)(C)C. The van der Waals surface area contributed by atoms with Crippen LogP contribution in [0, 0.1) is 10.1 Å². The van der Waals surface area contributed by atoms with Crippen LogP contribution in [0.2, 0.25) is 0 Å². The molecule has 1 N–H and O–H groups in total. The van der Waals surface area contributed by atoms with Gasteiger partial charge in [-0.05, 0) is 26.3 Å². The summed E-state index contributed by atoms with van der Waals surface area (Å²) >= 11 is 0. The first-order valence-corrected chi connectivity index (χ1v) is 6.91. The van der Waals surface area contributed by atoms with Crippen molar-refractivity contribution in [2.45, 2.75) is 39.3 Å². The summed E-state index contributed by atoms with van der Waals surface area (Å²) < 4.78 is 0. The first-order chi connectivity index (χ1) is 9.69. The van der Waals surface area contributed by atoms with Crippen molar-refractivity contribution in [2.75, 3.05) is 13.6 Å². The Balaban J connectivity index is 2.52. The second kappa shape index (κ2) is 7.17. The largest absolute Gasteiger partial charge is 0.341 e. The van der Waals surface area contributed by atoms with Crippen molar-refractivity contribution in [3.63, 3.8) is 0 Å². The lowest BCUT2D eigenvalue weighted by Gasteiger charge is -2.22. The van der Waals surface area contributed by atoms with Crippen molar-refractivity contribution < 1.29 is 9.72 Å². The molecule has 0 aliphatic carbocycles. The fourth-order valence-electron chi connectivity index (χ4n) is 1.87. The Kier molecular flexibility index (Phi) is 5.84. The van der Waals surface area contributed by atoms with Crippen molar-refractivity contribution in [2.24, 2.45) is 0 Å². The summed E-state index contributed by atoms with van der Waals surface area (Å²) in [7, 11) is 1.71. The number of nitrogens with one attached hydrogen (secondary N) is 1. The van der Waals surface area contributed by atoms with Gasteiger partial charge in [0.2, 0.25) is 5.91 Å². The highest BCUT2D eigenvalue weighted by Gasteiger charge is 2.13. The molecular weight excluding hydrogens is 270 g/mol. The summed E-state index contributed by atoms with van der Waals surface area (Å²) in [4.78, 5) is 23.9. The van der Waals surface area contributed by atoms with E-state index in [4.69, 9.17) is 0 Å². The lowest BCUT2D eigenvalue weighted by molar-refractivity contribution is -0.384. The highest BCUT2D eigenvalue weighted by atomic mass is 16.6. The van der Waals surface area contributed by atoms with Crippen LogP contribution >= 0.6 is 0 Å². The summed E-state index contributed by atoms with van der Waals surface area (Å²) in [6.45, 7) is 7.12. The van der Waals surface area contributed by atoms with Gasteiger partial charge in [-0.3, -0.25) is 14.9 Å². The van der Waals surface area contributed by atoms with E-state index in [2.05, 4.69) is 5.32 Å². The topological polar surface area (TPSA) is 75.5 Å². The third kappa shape index (κ3) is 6.35. The van der Waals surface area contributed by atoms with E-state index in [0.717, 1.165) is 5.56 Å². The maximum atomic E-state index is 12.0. The summed E-state index contributed by atoms with van der Waals surface area (Å²) in [6, 6.07) is 6.35. The minimum absolute atomic E-state index is 0.0123. The van der Waals surface area contributed by atoms with Gasteiger partial charge in [0.15, 0.2) is 0 Å². The number of hydrogen-bond donors (Lipinski definition) is 1. The van der Waals surface area contributed by atoms with Gasteiger partial charge in [0, 0.05) is 44.2 Å². The molecular formula is C15H23N3O3. The summed E-state index contributed by atoms with van der Waals surface area (Å²) in [5, 5.41) is 14.0. The molecule has 0 unspecified atom stereocenters. The number of hydrogen-bond acceptors (Lipinski definition) is 4. The number of carbonyl (C=O) groups excluding carboxylic acids is 1. The molecule has 1 amide bonds. The number of nitrogens with zero attached hydrogens (tertiary/aromatic N) is 2. The second-order valence-corrected chi connectivity index (χ2v) is 6.10. The second-order valence-electron chi connectivity index (χ2n) is 6.10. The van der Waals surface area contributed by atoms with Gasteiger partial charge in [-0.15, -0.1) is 0 Å². The third-order valence-corrected chi connectivity index (χ3v) is 2.96. The number of non-ortho nitro benzene ring substituents is 1. The first kappa shape index (κ1) is 17.1. The monoisotopic (exact) mass is 293 g/mol. The predicted octanol–water partition coefficient (Wildman–Crippen LogP) is 2.33. The lowest BCUT2D eigenvalue weighted by atomic mass is 10.1. The molecule has 21 heavy (non-hydrogen) atoms. The molecule has 0 heterocycles.